The van der Waals surface area contributed by atoms with E-state index in [-0.39, 0.29) is 12.1 Å². The number of hydrogen-bond acceptors (Lipinski definition) is 6. The van der Waals surface area contributed by atoms with E-state index in [1.807, 2.05) is 0 Å². The average Bonchev–Trinajstić information content (AvgIpc) is 3.39. The summed E-state index contributed by atoms with van der Waals surface area (Å²) in [5, 5.41) is 18.8. The Kier molecular flexibility index (Phi) is 10.1. The summed E-state index contributed by atoms with van der Waals surface area (Å²) < 4.78 is 87.6. The lowest BCUT2D eigenvalue weighted by Crippen LogP contribution is -2.61. The summed E-state index contributed by atoms with van der Waals surface area (Å²) in [6, 6.07) is 4.70. The van der Waals surface area contributed by atoms with Gasteiger partial charge in [0.2, 0.25) is 6.36 Å². The molecule has 0 spiro atoms. The van der Waals surface area contributed by atoms with Gasteiger partial charge in [0.15, 0.2) is 5.11 Å². The van der Waals surface area contributed by atoms with Crippen LogP contribution in [0.2, 0.25) is 0 Å². The van der Waals surface area contributed by atoms with Crippen LogP contribution in [0.5, 0.6) is 0 Å². The van der Waals surface area contributed by atoms with Crippen molar-refractivity contribution in [3.63, 3.8) is 0 Å². The number of nitrogens with one attached hydrogen (secondary N) is 2. The zero-order chi connectivity index (χ0) is 30.4. The molecule has 1 aromatic heterocycles. The lowest BCUT2D eigenvalue weighted by atomic mass is 9.86. The fourth-order valence-corrected chi connectivity index (χ4v) is 4.16. The van der Waals surface area contributed by atoms with Crippen molar-refractivity contribution in [1.82, 2.24) is 25.2 Å². The number of carbonyl (C=O) groups excluding carboxylic acids is 1. The van der Waals surface area contributed by atoms with Gasteiger partial charge in [0, 0.05) is 23.7 Å². The maximum Gasteiger partial charge on any atom is 0.428 e. The Labute approximate surface area is 236 Å². The number of hydrazine groups is 1. The summed E-state index contributed by atoms with van der Waals surface area (Å²) in [7, 11) is 0. The standard InChI is InChI=1S/C25H26F6N6O3S/c1-3-4-21(28)40-23(38)35-37(22(41)34-18-8-5-16(6-9-18)25(29,30)31)15(2)24(39,12-36-14-32-13-33-36)19-10-7-17(26)11-20(19)27/h5-11,13-15,21,39H,3-4,12H2,1-2H3,(H,34,41)(H,35,38)/t15-,21?,24-/m1/s1. The molecule has 222 valence electrons. The molecule has 3 atom stereocenters. The number of nitrogens with zero attached hydrogens (tertiary/aromatic N) is 4. The van der Waals surface area contributed by atoms with Crippen molar-refractivity contribution >= 4 is 29.1 Å². The first kappa shape index (κ1) is 31.6. The number of rotatable bonds is 9. The fourth-order valence-electron chi connectivity index (χ4n) is 3.83. The van der Waals surface area contributed by atoms with Gasteiger partial charge in [0.1, 0.15) is 29.9 Å². The van der Waals surface area contributed by atoms with Gasteiger partial charge in [0.05, 0.1) is 18.2 Å². The Bertz CT molecular complexity index is 1330. The van der Waals surface area contributed by atoms with E-state index in [1.165, 1.54) is 13.3 Å². The first-order valence-electron chi connectivity index (χ1n) is 12.1. The van der Waals surface area contributed by atoms with Crippen LogP contribution in [0, 0.1) is 11.6 Å². The maximum atomic E-state index is 15.0. The molecule has 2 aromatic carbocycles. The van der Waals surface area contributed by atoms with Crippen molar-refractivity contribution < 1.29 is 41.0 Å². The van der Waals surface area contributed by atoms with Crippen LogP contribution < -0.4 is 10.7 Å². The van der Waals surface area contributed by atoms with Gasteiger partial charge in [-0.15, -0.1) is 0 Å². The summed E-state index contributed by atoms with van der Waals surface area (Å²) in [6.45, 7) is 2.47. The molecule has 3 rings (SSSR count). The van der Waals surface area contributed by atoms with Crippen molar-refractivity contribution in [2.45, 2.75) is 57.4 Å². The predicted molar refractivity (Wildman–Crippen MR) is 139 cm³/mol. The topological polar surface area (TPSA) is 105 Å². The van der Waals surface area contributed by atoms with Gasteiger partial charge in [-0.25, -0.2) is 33.1 Å². The first-order valence-corrected chi connectivity index (χ1v) is 12.5. The van der Waals surface area contributed by atoms with Crippen LogP contribution in [0.25, 0.3) is 0 Å². The highest BCUT2D eigenvalue weighted by Crippen LogP contribution is 2.33. The molecule has 3 N–H and O–H groups in total. The minimum Gasteiger partial charge on any atom is -0.414 e. The number of hydrogen-bond donors (Lipinski definition) is 3. The van der Waals surface area contributed by atoms with E-state index >= 15 is 4.39 Å². The Morgan fingerprint density at radius 3 is 2.44 bits per heavy atom. The van der Waals surface area contributed by atoms with Crippen LogP contribution in [0.3, 0.4) is 0 Å². The molecule has 16 heteroatoms. The van der Waals surface area contributed by atoms with Crippen molar-refractivity contribution in [2.24, 2.45) is 0 Å². The van der Waals surface area contributed by atoms with Crippen LogP contribution in [0.4, 0.5) is 36.8 Å². The van der Waals surface area contributed by atoms with E-state index in [0.29, 0.717) is 12.5 Å². The van der Waals surface area contributed by atoms with E-state index in [4.69, 9.17) is 12.2 Å². The third-order valence-electron chi connectivity index (χ3n) is 5.99. The van der Waals surface area contributed by atoms with Gasteiger partial charge in [-0.3, -0.25) is 5.01 Å². The van der Waals surface area contributed by atoms with Gasteiger partial charge in [-0.1, -0.05) is 13.0 Å². The third-order valence-corrected chi connectivity index (χ3v) is 6.29. The highest BCUT2D eigenvalue weighted by Gasteiger charge is 2.44. The lowest BCUT2D eigenvalue weighted by molar-refractivity contribution is -0.137. The molecule has 1 amide bonds. The summed E-state index contributed by atoms with van der Waals surface area (Å²) in [5.74, 6) is -2.07. The number of amides is 1. The molecular weight excluding hydrogens is 578 g/mol. The molecule has 0 bridgehead atoms. The van der Waals surface area contributed by atoms with Gasteiger partial charge < -0.3 is 15.2 Å². The molecule has 0 radical (unpaired) electrons. The third kappa shape index (κ3) is 8.07. The fraction of sp³-hybridized carbons (Fsp3) is 0.360. The highest BCUT2D eigenvalue weighted by atomic mass is 32.1. The molecule has 3 aromatic rings. The van der Waals surface area contributed by atoms with E-state index in [0.717, 1.165) is 52.4 Å². The summed E-state index contributed by atoms with van der Waals surface area (Å²) in [5.41, 5.74) is -1.44. The molecule has 0 saturated heterocycles. The Hall–Kier alpha value is -3.92. The van der Waals surface area contributed by atoms with Crippen molar-refractivity contribution in [3.8, 4) is 0 Å². The van der Waals surface area contributed by atoms with Crippen molar-refractivity contribution in [3.05, 3.63) is 77.9 Å². The van der Waals surface area contributed by atoms with Crippen LogP contribution in [0.15, 0.2) is 55.1 Å². The second-order valence-corrected chi connectivity index (χ2v) is 9.30. The number of halogens is 6. The van der Waals surface area contributed by atoms with E-state index in [9.17, 15) is 31.9 Å². The zero-order valence-corrected chi connectivity index (χ0v) is 22.5. The second-order valence-electron chi connectivity index (χ2n) is 8.91. The number of aromatic nitrogens is 3. The van der Waals surface area contributed by atoms with Crippen LogP contribution in [-0.4, -0.2) is 48.5 Å². The molecule has 0 aliphatic rings. The first-order chi connectivity index (χ1) is 19.2. The number of anilines is 1. The number of benzene rings is 2. The molecule has 0 aliphatic carbocycles. The summed E-state index contributed by atoms with van der Waals surface area (Å²) in [4.78, 5) is 16.4. The highest BCUT2D eigenvalue weighted by molar-refractivity contribution is 7.80. The van der Waals surface area contributed by atoms with Crippen LogP contribution in [0.1, 0.15) is 37.8 Å². The zero-order valence-electron chi connectivity index (χ0n) is 21.7. The number of carbonyl (C=O) groups is 1. The minimum absolute atomic E-state index is 0.0532. The molecule has 0 fully saturated rings. The minimum atomic E-state index is -4.59. The molecule has 41 heavy (non-hydrogen) atoms. The number of thiocarbonyl (C=S) groups is 1. The summed E-state index contributed by atoms with van der Waals surface area (Å²) >= 11 is 5.37. The molecular formula is C25H26F6N6O3S. The predicted octanol–water partition coefficient (Wildman–Crippen LogP) is 5.29. The second kappa shape index (κ2) is 13.2. The lowest BCUT2D eigenvalue weighted by Gasteiger charge is -2.41. The van der Waals surface area contributed by atoms with Gasteiger partial charge in [0.25, 0.3) is 0 Å². The molecule has 0 aliphatic heterocycles. The normalized spacial score (nSPS) is 14.5. The van der Waals surface area contributed by atoms with Crippen LogP contribution >= 0.6 is 12.2 Å². The van der Waals surface area contributed by atoms with E-state index in [1.54, 1.807) is 6.92 Å². The average molecular weight is 605 g/mol. The number of alkyl halides is 4. The molecule has 1 heterocycles. The SMILES string of the molecule is CCCC(F)OC(=O)NN(C(=S)Nc1ccc(C(F)(F)F)cc1)[C@H](C)[C@](O)(Cn1cncn1)c1ccc(F)cc1F. The monoisotopic (exact) mass is 604 g/mol. The Morgan fingerprint density at radius 2 is 1.88 bits per heavy atom. The van der Waals surface area contributed by atoms with Crippen molar-refractivity contribution in [2.75, 3.05) is 5.32 Å². The largest absolute Gasteiger partial charge is 0.428 e. The van der Waals surface area contributed by atoms with Crippen LogP contribution in [-0.2, 0) is 23.1 Å². The van der Waals surface area contributed by atoms with E-state index < -0.39 is 64.7 Å². The Balaban J connectivity index is 2.01. The number of aliphatic hydroxyl groups is 1. The summed E-state index contributed by atoms with van der Waals surface area (Å²) in [6.07, 6.45) is -5.33. The van der Waals surface area contributed by atoms with Gasteiger partial charge >= 0.3 is 12.3 Å². The molecule has 1 unspecified atom stereocenters. The van der Waals surface area contributed by atoms with Gasteiger partial charge in [-0.05, 0) is 55.9 Å². The maximum absolute atomic E-state index is 15.0. The van der Waals surface area contributed by atoms with E-state index in [2.05, 4.69) is 25.6 Å². The van der Waals surface area contributed by atoms with Crippen molar-refractivity contribution in [1.29, 1.82) is 0 Å². The molecule has 9 nitrogen and oxygen atoms in total. The quantitative estimate of drug-likeness (QED) is 0.172. The van der Waals surface area contributed by atoms with Gasteiger partial charge in [-0.2, -0.15) is 18.3 Å². The Morgan fingerprint density at radius 1 is 1.20 bits per heavy atom. The smallest absolute Gasteiger partial charge is 0.414 e. The number of ether oxygens (including phenoxy) is 1. The molecule has 0 saturated carbocycles.